The van der Waals surface area contributed by atoms with Crippen LogP contribution in [-0.2, 0) is 14.8 Å². The van der Waals surface area contributed by atoms with Crippen LogP contribution in [0.2, 0.25) is 5.02 Å². The smallest absolute Gasteiger partial charge is 0.243 e. The summed E-state index contributed by atoms with van der Waals surface area (Å²) in [7, 11) is -3.61. The molecule has 132 valence electrons. The molecule has 2 atom stereocenters. The summed E-state index contributed by atoms with van der Waals surface area (Å²) >= 11 is 6.07. The van der Waals surface area contributed by atoms with Crippen molar-refractivity contribution in [2.45, 2.75) is 31.7 Å². The van der Waals surface area contributed by atoms with Crippen LogP contribution in [0.3, 0.4) is 0 Å². The van der Waals surface area contributed by atoms with Gasteiger partial charge in [0.25, 0.3) is 0 Å². The summed E-state index contributed by atoms with van der Waals surface area (Å²) in [5.74, 6) is -0.248. The first kappa shape index (κ1) is 19.0. The molecule has 2 unspecified atom stereocenters. The van der Waals surface area contributed by atoms with Crippen molar-refractivity contribution in [3.8, 4) is 0 Å². The molecule has 2 rings (SSSR count). The molecule has 1 amide bonds. The van der Waals surface area contributed by atoms with E-state index < -0.39 is 10.0 Å². The fourth-order valence-electron chi connectivity index (χ4n) is 3.09. The fraction of sp³-hybridized carbons (Fsp3) is 0.471. The maximum Gasteiger partial charge on any atom is 0.243 e. The summed E-state index contributed by atoms with van der Waals surface area (Å²) in [6.07, 6.45) is 1.23. The zero-order valence-electron chi connectivity index (χ0n) is 14.1. The second-order valence-corrected chi connectivity index (χ2v) is 8.77. The first-order valence-corrected chi connectivity index (χ1v) is 9.68. The largest absolute Gasteiger partial charge is 0.349 e. The molecular formula is C17H23ClN2O3S. The quantitative estimate of drug-likeness (QED) is 0.828. The minimum atomic E-state index is -3.61. The maximum absolute atomic E-state index is 12.9. The van der Waals surface area contributed by atoms with E-state index in [1.54, 1.807) is 12.1 Å². The normalized spacial score (nSPS) is 25.2. The Labute approximate surface area is 148 Å². The Kier molecular flexibility index (Phi) is 5.73. The molecule has 24 heavy (non-hydrogen) atoms. The molecule has 1 aromatic rings. The highest BCUT2D eigenvalue weighted by Crippen LogP contribution is 2.29. The summed E-state index contributed by atoms with van der Waals surface area (Å²) in [5.41, 5.74) is 0.836. The average molecular weight is 371 g/mol. The minimum absolute atomic E-state index is 0.00616. The number of carbonyl (C=O) groups is 1. The molecule has 1 aliphatic rings. The number of aryl methyl sites for hydroxylation is 1. The fourth-order valence-corrected chi connectivity index (χ4v) is 5.00. The van der Waals surface area contributed by atoms with E-state index in [1.165, 1.54) is 16.4 Å². The van der Waals surface area contributed by atoms with Crippen LogP contribution in [0.4, 0.5) is 0 Å². The standard InChI is InChI=1S/C17H23ClN2O3S/c1-5-16(21)19-17-12(3)9-20(10-13(17)4)24(22,23)14-7-6-11(2)15(18)8-14/h5-8,12-13,17H,1,9-10H2,2-4H3,(H,19,21). The Morgan fingerprint density at radius 3 is 2.42 bits per heavy atom. The number of piperidine rings is 1. The van der Waals surface area contributed by atoms with Gasteiger partial charge >= 0.3 is 0 Å². The molecule has 1 N–H and O–H groups in total. The lowest BCUT2D eigenvalue weighted by Crippen LogP contribution is -2.55. The molecule has 0 aromatic heterocycles. The summed E-state index contributed by atoms with van der Waals surface area (Å²) in [6, 6.07) is 4.70. The van der Waals surface area contributed by atoms with E-state index in [4.69, 9.17) is 11.6 Å². The van der Waals surface area contributed by atoms with Gasteiger partial charge in [-0.2, -0.15) is 4.31 Å². The summed E-state index contributed by atoms with van der Waals surface area (Å²) < 4.78 is 27.3. The maximum atomic E-state index is 12.9. The molecule has 5 nitrogen and oxygen atoms in total. The van der Waals surface area contributed by atoms with Crippen molar-refractivity contribution in [3.63, 3.8) is 0 Å². The summed E-state index contributed by atoms with van der Waals surface area (Å²) in [5, 5.41) is 3.33. The molecule has 0 bridgehead atoms. The third-order valence-electron chi connectivity index (χ3n) is 4.48. The number of nitrogens with zero attached hydrogens (tertiary/aromatic N) is 1. The van der Waals surface area contributed by atoms with Gasteiger partial charge in [0.15, 0.2) is 0 Å². The predicted octanol–water partition coefficient (Wildman–Crippen LogP) is 2.60. The minimum Gasteiger partial charge on any atom is -0.349 e. The van der Waals surface area contributed by atoms with E-state index in [0.717, 1.165) is 5.56 Å². The van der Waals surface area contributed by atoms with E-state index in [0.29, 0.717) is 18.1 Å². The topological polar surface area (TPSA) is 66.5 Å². The molecule has 0 radical (unpaired) electrons. The van der Waals surface area contributed by atoms with Crippen LogP contribution in [0, 0.1) is 18.8 Å². The predicted molar refractivity (Wildman–Crippen MR) is 95.4 cm³/mol. The molecule has 0 aliphatic carbocycles. The van der Waals surface area contributed by atoms with Gasteiger partial charge in [-0.15, -0.1) is 0 Å². The Balaban J connectivity index is 2.23. The highest BCUT2D eigenvalue weighted by atomic mass is 35.5. The molecule has 7 heteroatoms. The van der Waals surface area contributed by atoms with Crippen molar-refractivity contribution in [2.24, 2.45) is 11.8 Å². The Morgan fingerprint density at radius 1 is 1.33 bits per heavy atom. The van der Waals surface area contributed by atoms with Crippen LogP contribution in [0.5, 0.6) is 0 Å². The van der Waals surface area contributed by atoms with E-state index >= 15 is 0 Å². The number of halogens is 1. The first-order chi connectivity index (χ1) is 11.2. The number of rotatable bonds is 4. The first-order valence-electron chi connectivity index (χ1n) is 7.86. The van der Waals surface area contributed by atoms with E-state index in [2.05, 4.69) is 11.9 Å². The third-order valence-corrected chi connectivity index (χ3v) is 6.72. The SMILES string of the molecule is C=CC(=O)NC1C(C)CN(S(=O)(=O)c2ccc(C)c(Cl)c2)CC1C. The lowest BCUT2D eigenvalue weighted by atomic mass is 9.87. The van der Waals surface area contributed by atoms with Crippen LogP contribution in [-0.4, -0.2) is 37.8 Å². The van der Waals surface area contributed by atoms with Crippen molar-refractivity contribution < 1.29 is 13.2 Å². The highest BCUT2D eigenvalue weighted by molar-refractivity contribution is 7.89. The van der Waals surface area contributed by atoms with Crippen molar-refractivity contribution >= 4 is 27.5 Å². The second-order valence-electron chi connectivity index (χ2n) is 6.43. The van der Waals surface area contributed by atoms with Crippen molar-refractivity contribution in [1.29, 1.82) is 0 Å². The van der Waals surface area contributed by atoms with Crippen LogP contribution in [0.15, 0.2) is 35.7 Å². The molecule has 1 aromatic carbocycles. The number of carbonyl (C=O) groups excluding carboxylic acids is 1. The highest BCUT2D eigenvalue weighted by Gasteiger charge is 2.38. The average Bonchev–Trinajstić information content (AvgIpc) is 2.52. The molecule has 1 aliphatic heterocycles. The van der Waals surface area contributed by atoms with Gasteiger partial charge in [-0.1, -0.05) is 38.1 Å². The van der Waals surface area contributed by atoms with Gasteiger partial charge < -0.3 is 5.32 Å². The number of hydrogen-bond donors (Lipinski definition) is 1. The molecule has 1 saturated heterocycles. The van der Waals surface area contributed by atoms with Gasteiger partial charge in [0.05, 0.1) is 4.90 Å². The van der Waals surface area contributed by atoms with Gasteiger partial charge in [0.1, 0.15) is 0 Å². The Hall–Kier alpha value is -1.37. The van der Waals surface area contributed by atoms with Crippen molar-refractivity contribution in [1.82, 2.24) is 9.62 Å². The summed E-state index contributed by atoms with van der Waals surface area (Å²) in [6.45, 7) is 9.86. The second kappa shape index (κ2) is 7.25. The molecule has 0 spiro atoms. The monoisotopic (exact) mass is 370 g/mol. The molecule has 1 fully saturated rings. The lowest BCUT2D eigenvalue weighted by molar-refractivity contribution is -0.118. The van der Waals surface area contributed by atoms with E-state index in [9.17, 15) is 13.2 Å². The lowest BCUT2D eigenvalue weighted by Gasteiger charge is -2.40. The zero-order chi connectivity index (χ0) is 18.1. The summed E-state index contributed by atoms with van der Waals surface area (Å²) in [4.78, 5) is 11.8. The molecular weight excluding hydrogens is 348 g/mol. The van der Waals surface area contributed by atoms with Gasteiger partial charge in [-0.25, -0.2) is 8.42 Å². The van der Waals surface area contributed by atoms with Crippen molar-refractivity contribution in [3.05, 3.63) is 41.4 Å². The number of nitrogens with one attached hydrogen (secondary N) is 1. The van der Waals surface area contributed by atoms with Gasteiger partial charge in [0, 0.05) is 24.2 Å². The zero-order valence-corrected chi connectivity index (χ0v) is 15.7. The van der Waals surface area contributed by atoms with Gasteiger partial charge in [-0.3, -0.25) is 4.79 Å². The third kappa shape index (κ3) is 3.82. The number of benzene rings is 1. The van der Waals surface area contributed by atoms with E-state index in [-0.39, 0.29) is 28.7 Å². The van der Waals surface area contributed by atoms with Crippen LogP contribution < -0.4 is 5.32 Å². The number of amides is 1. The molecule has 0 saturated carbocycles. The Morgan fingerprint density at radius 2 is 1.92 bits per heavy atom. The van der Waals surface area contributed by atoms with E-state index in [1.807, 2.05) is 20.8 Å². The molecule has 1 heterocycles. The number of sulfonamides is 1. The van der Waals surface area contributed by atoms with Crippen LogP contribution in [0.1, 0.15) is 19.4 Å². The van der Waals surface area contributed by atoms with Gasteiger partial charge in [0.2, 0.25) is 15.9 Å². The van der Waals surface area contributed by atoms with Crippen LogP contribution in [0.25, 0.3) is 0 Å². The number of hydrogen-bond acceptors (Lipinski definition) is 3. The Bertz CT molecular complexity index is 736. The van der Waals surface area contributed by atoms with Crippen molar-refractivity contribution in [2.75, 3.05) is 13.1 Å². The van der Waals surface area contributed by atoms with Crippen LogP contribution >= 0.6 is 11.6 Å². The van der Waals surface area contributed by atoms with Gasteiger partial charge in [-0.05, 0) is 42.5 Å².